The molecule has 0 radical (unpaired) electrons. The van der Waals surface area contributed by atoms with Crippen LogP contribution in [0.2, 0.25) is 0 Å². The molecule has 7 heteroatoms. The molecule has 0 aliphatic heterocycles. The third kappa shape index (κ3) is 4.60. The third-order valence-corrected chi connectivity index (χ3v) is 3.72. The van der Waals surface area contributed by atoms with Gasteiger partial charge in [-0.25, -0.2) is 12.8 Å². The number of nitrogens with one attached hydrogen (secondary N) is 1. The Balaban J connectivity index is 2.92. The van der Waals surface area contributed by atoms with Crippen LogP contribution in [0, 0.1) is 5.82 Å². The van der Waals surface area contributed by atoms with Gasteiger partial charge in [0.2, 0.25) is 5.91 Å². The zero-order chi connectivity index (χ0) is 14.6. The van der Waals surface area contributed by atoms with Crippen molar-refractivity contribution < 1.29 is 17.6 Å². The number of hydrogen-bond donors (Lipinski definition) is 2. The van der Waals surface area contributed by atoms with Gasteiger partial charge in [-0.05, 0) is 24.6 Å². The summed E-state index contributed by atoms with van der Waals surface area (Å²) in [5, 5.41) is 2.33. The molecule has 1 aromatic rings. The molecule has 0 saturated carbocycles. The lowest BCUT2D eigenvalue weighted by atomic mass is 10.1. The van der Waals surface area contributed by atoms with Crippen molar-refractivity contribution in [3.05, 3.63) is 24.0 Å². The van der Waals surface area contributed by atoms with Crippen LogP contribution in [0.3, 0.4) is 0 Å². The highest BCUT2D eigenvalue weighted by atomic mass is 32.2. The molecule has 3 N–H and O–H groups in total. The van der Waals surface area contributed by atoms with E-state index in [1.165, 1.54) is 0 Å². The number of nitrogens with two attached hydrogens (primary N) is 1. The van der Waals surface area contributed by atoms with Crippen molar-refractivity contribution in [3.63, 3.8) is 0 Å². The fourth-order valence-corrected chi connectivity index (χ4v) is 2.06. The van der Waals surface area contributed by atoms with E-state index < -0.39 is 21.6 Å². The lowest BCUT2D eigenvalue weighted by molar-refractivity contribution is -0.116. The van der Waals surface area contributed by atoms with Crippen LogP contribution in [0.4, 0.5) is 10.1 Å². The molecule has 0 bridgehead atoms. The first-order valence-electron chi connectivity index (χ1n) is 5.79. The van der Waals surface area contributed by atoms with Crippen LogP contribution in [0.15, 0.2) is 23.1 Å². The van der Waals surface area contributed by atoms with Gasteiger partial charge in [-0.1, -0.05) is 6.92 Å². The molecule has 0 aliphatic carbocycles. The summed E-state index contributed by atoms with van der Waals surface area (Å²) in [6.07, 6.45) is 1.69. The SMILES string of the molecule is CCC(N)CC(=O)Nc1cc(S(C)(=O)=O)ccc1F. The van der Waals surface area contributed by atoms with E-state index in [0.717, 1.165) is 24.5 Å². The number of anilines is 1. The number of carbonyl (C=O) groups excluding carboxylic acids is 1. The zero-order valence-corrected chi connectivity index (χ0v) is 11.6. The first-order chi connectivity index (χ1) is 8.74. The van der Waals surface area contributed by atoms with Gasteiger partial charge in [0.05, 0.1) is 10.6 Å². The molecular weight excluding hydrogens is 271 g/mol. The second kappa shape index (κ2) is 6.12. The van der Waals surface area contributed by atoms with Gasteiger partial charge in [0.15, 0.2) is 9.84 Å². The lowest BCUT2D eigenvalue weighted by Gasteiger charge is -2.11. The van der Waals surface area contributed by atoms with E-state index in [-0.39, 0.29) is 23.0 Å². The van der Waals surface area contributed by atoms with E-state index in [1.807, 2.05) is 6.92 Å². The Morgan fingerprint density at radius 1 is 1.47 bits per heavy atom. The highest BCUT2D eigenvalue weighted by molar-refractivity contribution is 7.90. The highest BCUT2D eigenvalue weighted by Crippen LogP contribution is 2.19. The summed E-state index contributed by atoms with van der Waals surface area (Å²) < 4.78 is 36.2. The minimum Gasteiger partial charge on any atom is -0.327 e. The van der Waals surface area contributed by atoms with Gasteiger partial charge in [0.1, 0.15) is 5.82 Å². The molecule has 0 spiro atoms. The normalized spacial score (nSPS) is 13.1. The van der Waals surface area contributed by atoms with Gasteiger partial charge in [0.25, 0.3) is 0 Å². The largest absolute Gasteiger partial charge is 0.327 e. The topological polar surface area (TPSA) is 89.3 Å². The van der Waals surface area contributed by atoms with E-state index in [9.17, 15) is 17.6 Å². The predicted octanol–water partition coefficient (Wildman–Crippen LogP) is 1.30. The predicted molar refractivity (Wildman–Crippen MR) is 71.0 cm³/mol. The number of sulfone groups is 1. The molecule has 0 saturated heterocycles. The number of rotatable bonds is 5. The van der Waals surface area contributed by atoms with Crippen molar-refractivity contribution in [2.24, 2.45) is 5.73 Å². The Hall–Kier alpha value is -1.47. The van der Waals surface area contributed by atoms with Crippen LogP contribution in [-0.2, 0) is 14.6 Å². The maximum atomic E-state index is 13.5. The average molecular weight is 288 g/mol. The van der Waals surface area contributed by atoms with Crippen molar-refractivity contribution in [1.29, 1.82) is 0 Å². The summed E-state index contributed by atoms with van der Waals surface area (Å²) in [7, 11) is -3.45. The fraction of sp³-hybridized carbons (Fsp3) is 0.417. The van der Waals surface area contributed by atoms with Crippen molar-refractivity contribution >= 4 is 21.4 Å². The second-order valence-corrected chi connectivity index (χ2v) is 6.35. The molecule has 0 fully saturated rings. The highest BCUT2D eigenvalue weighted by Gasteiger charge is 2.14. The smallest absolute Gasteiger partial charge is 0.226 e. The van der Waals surface area contributed by atoms with Crippen LogP contribution in [0.1, 0.15) is 19.8 Å². The van der Waals surface area contributed by atoms with Crippen molar-refractivity contribution in [2.45, 2.75) is 30.7 Å². The Morgan fingerprint density at radius 3 is 2.63 bits per heavy atom. The third-order valence-electron chi connectivity index (χ3n) is 2.61. The molecule has 106 valence electrons. The molecule has 1 amide bonds. The summed E-state index contributed by atoms with van der Waals surface area (Å²) in [5.74, 6) is -1.13. The monoisotopic (exact) mass is 288 g/mol. The fourth-order valence-electron chi connectivity index (χ4n) is 1.41. The molecule has 0 aromatic heterocycles. The zero-order valence-electron chi connectivity index (χ0n) is 10.8. The van der Waals surface area contributed by atoms with E-state index in [0.29, 0.717) is 6.42 Å². The van der Waals surface area contributed by atoms with Crippen molar-refractivity contribution in [3.8, 4) is 0 Å². The molecule has 5 nitrogen and oxygen atoms in total. The lowest BCUT2D eigenvalue weighted by Crippen LogP contribution is -2.26. The van der Waals surface area contributed by atoms with E-state index in [1.54, 1.807) is 0 Å². The van der Waals surface area contributed by atoms with Crippen LogP contribution in [0.25, 0.3) is 0 Å². The molecule has 0 heterocycles. The molecule has 19 heavy (non-hydrogen) atoms. The van der Waals surface area contributed by atoms with E-state index in [2.05, 4.69) is 5.32 Å². The Labute approximate surface area is 111 Å². The summed E-state index contributed by atoms with van der Waals surface area (Å²) >= 11 is 0. The maximum absolute atomic E-state index is 13.5. The van der Waals surface area contributed by atoms with Crippen LogP contribution in [-0.4, -0.2) is 26.6 Å². The molecule has 1 unspecified atom stereocenters. The number of carbonyl (C=O) groups is 1. The maximum Gasteiger partial charge on any atom is 0.226 e. The Kier molecular flexibility index (Phi) is 5.02. The van der Waals surface area contributed by atoms with Crippen LogP contribution < -0.4 is 11.1 Å². The van der Waals surface area contributed by atoms with Gasteiger partial charge < -0.3 is 11.1 Å². The summed E-state index contributed by atoms with van der Waals surface area (Å²) in [5.41, 5.74) is 5.46. The standard InChI is InChI=1S/C12H17FN2O3S/c1-3-8(14)6-12(16)15-11-7-9(19(2,17)18)4-5-10(11)13/h4-5,7-8H,3,6,14H2,1-2H3,(H,15,16). The van der Waals surface area contributed by atoms with Crippen LogP contribution >= 0.6 is 0 Å². The Morgan fingerprint density at radius 2 is 2.11 bits per heavy atom. The summed E-state index contributed by atoms with van der Waals surface area (Å²) in [6.45, 7) is 1.84. The quantitative estimate of drug-likeness (QED) is 0.799. The van der Waals surface area contributed by atoms with Gasteiger partial charge in [-0.3, -0.25) is 4.79 Å². The average Bonchev–Trinajstić information content (AvgIpc) is 2.30. The summed E-state index contributed by atoms with van der Waals surface area (Å²) in [6, 6.07) is 2.95. The first kappa shape index (κ1) is 15.6. The van der Waals surface area contributed by atoms with Gasteiger partial charge in [-0.2, -0.15) is 0 Å². The Bertz CT molecular complexity index is 572. The first-order valence-corrected chi connectivity index (χ1v) is 7.68. The number of halogens is 1. The van der Waals surface area contributed by atoms with Crippen LogP contribution in [0.5, 0.6) is 0 Å². The molecule has 1 rings (SSSR count). The molecular formula is C12H17FN2O3S. The van der Waals surface area contributed by atoms with Crippen molar-refractivity contribution in [1.82, 2.24) is 0 Å². The molecule has 1 aromatic carbocycles. The number of hydrogen-bond acceptors (Lipinski definition) is 4. The number of benzene rings is 1. The van der Waals surface area contributed by atoms with Crippen molar-refractivity contribution in [2.75, 3.05) is 11.6 Å². The van der Waals surface area contributed by atoms with Gasteiger partial charge >= 0.3 is 0 Å². The number of amides is 1. The second-order valence-electron chi connectivity index (χ2n) is 4.33. The van der Waals surface area contributed by atoms with Gasteiger partial charge in [-0.15, -0.1) is 0 Å². The minimum atomic E-state index is -3.45. The van der Waals surface area contributed by atoms with E-state index in [4.69, 9.17) is 5.73 Å². The van der Waals surface area contributed by atoms with E-state index >= 15 is 0 Å². The molecule has 0 aliphatic rings. The minimum absolute atomic E-state index is 0.0519. The molecule has 1 atom stereocenters. The summed E-state index contributed by atoms with van der Waals surface area (Å²) in [4.78, 5) is 11.5. The van der Waals surface area contributed by atoms with Gasteiger partial charge in [0, 0.05) is 18.7 Å².